The van der Waals surface area contributed by atoms with Crippen LogP contribution < -0.4 is 15.4 Å². The van der Waals surface area contributed by atoms with Crippen LogP contribution in [0.4, 0.5) is 0 Å². The summed E-state index contributed by atoms with van der Waals surface area (Å²) in [4.78, 5) is 12.4. The van der Waals surface area contributed by atoms with Gasteiger partial charge >= 0.3 is 0 Å². The summed E-state index contributed by atoms with van der Waals surface area (Å²) in [6, 6.07) is 5.90. The third-order valence-electron chi connectivity index (χ3n) is 4.19. The zero-order chi connectivity index (χ0) is 15.4. The number of carbonyl (C=O) groups excluding carboxylic acids is 1. The minimum absolute atomic E-state index is 0.0635. The fourth-order valence-electron chi connectivity index (χ4n) is 2.89. The quantitative estimate of drug-likeness (QED) is 0.896. The van der Waals surface area contributed by atoms with E-state index in [1.54, 1.807) is 7.11 Å². The number of hydrogen-bond donors (Lipinski definition) is 2. The first kappa shape index (κ1) is 15.8. The maximum Gasteiger partial charge on any atom is 0.237 e. The fourth-order valence-corrected chi connectivity index (χ4v) is 2.89. The summed E-state index contributed by atoms with van der Waals surface area (Å²) < 4.78 is 5.40. The molecule has 2 rings (SSSR count). The van der Waals surface area contributed by atoms with E-state index in [2.05, 4.69) is 23.6 Å². The first-order valence-corrected chi connectivity index (χ1v) is 7.69. The average Bonchev–Trinajstić information content (AvgIpc) is 2.47. The minimum atomic E-state index is -0.0768. The molecule has 1 amide bonds. The van der Waals surface area contributed by atoms with Gasteiger partial charge in [0.25, 0.3) is 0 Å². The van der Waals surface area contributed by atoms with Crippen molar-refractivity contribution in [1.29, 1.82) is 0 Å². The normalized spacial score (nSPS) is 23.4. The molecule has 0 bridgehead atoms. The Morgan fingerprint density at radius 1 is 1.48 bits per heavy atom. The SMILES string of the molecule is COc1ccc(C)cc1C(C)NC(=O)C1CC(C)CCN1. The van der Waals surface area contributed by atoms with Gasteiger partial charge in [0.2, 0.25) is 5.91 Å². The number of piperidine rings is 1. The van der Waals surface area contributed by atoms with E-state index >= 15 is 0 Å². The van der Waals surface area contributed by atoms with Crippen molar-refractivity contribution >= 4 is 5.91 Å². The maximum atomic E-state index is 12.4. The van der Waals surface area contributed by atoms with Crippen molar-refractivity contribution in [3.8, 4) is 5.75 Å². The Labute approximate surface area is 127 Å². The molecule has 2 N–H and O–H groups in total. The second kappa shape index (κ2) is 6.94. The molecule has 3 unspecified atom stereocenters. The molecule has 1 aliphatic heterocycles. The molecule has 0 saturated carbocycles. The number of rotatable bonds is 4. The molecule has 0 radical (unpaired) electrons. The topological polar surface area (TPSA) is 50.4 Å². The van der Waals surface area contributed by atoms with E-state index in [0.717, 1.165) is 36.3 Å². The van der Waals surface area contributed by atoms with E-state index in [0.29, 0.717) is 5.92 Å². The Balaban J connectivity index is 2.05. The van der Waals surface area contributed by atoms with E-state index < -0.39 is 0 Å². The van der Waals surface area contributed by atoms with E-state index in [1.807, 2.05) is 26.0 Å². The van der Waals surface area contributed by atoms with Gasteiger partial charge in [-0.2, -0.15) is 0 Å². The van der Waals surface area contributed by atoms with Crippen LogP contribution in [0.15, 0.2) is 18.2 Å². The van der Waals surface area contributed by atoms with Crippen LogP contribution in [0.2, 0.25) is 0 Å². The Bertz CT molecular complexity index is 502. The molecule has 0 aliphatic carbocycles. The number of aryl methyl sites for hydroxylation is 1. The fraction of sp³-hybridized carbons (Fsp3) is 0.588. The van der Waals surface area contributed by atoms with Gasteiger partial charge in [-0.25, -0.2) is 0 Å². The van der Waals surface area contributed by atoms with Crippen molar-refractivity contribution in [3.63, 3.8) is 0 Å². The number of methoxy groups -OCH3 is 1. The van der Waals surface area contributed by atoms with Crippen LogP contribution in [0, 0.1) is 12.8 Å². The van der Waals surface area contributed by atoms with Gasteiger partial charge in [-0.1, -0.05) is 24.6 Å². The summed E-state index contributed by atoms with van der Waals surface area (Å²) >= 11 is 0. The molecule has 3 atom stereocenters. The number of amides is 1. The maximum absolute atomic E-state index is 12.4. The number of hydrogen-bond acceptors (Lipinski definition) is 3. The lowest BCUT2D eigenvalue weighted by Gasteiger charge is -2.28. The molecule has 0 aromatic heterocycles. The van der Waals surface area contributed by atoms with Crippen LogP contribution in [0.25, 0.3) is 0 Å². The molecule has 4 nitrogen and oxygen atoms in total. The molecule has 1 aromatic carbocycles. The van der Waals surface area contributed by atoms with Crippen LogP contribution in [0.5, 0.6) is 5.75 Å². The van der Waals surface area contributed by atoms with Gasteiger partial charge in [0.1, 0.15) is 5.75 Å². The Hall–Kier alpha value is -1.55. The summed E-state index contributed by atoms with van der Waals surface area (Å²) in [5, 5.41) is 6.41. The number of ether oxygens (including phenoxy) is 1. The molecule has 1 saturated heterocycles. The van der Waals surface area contributed by atoms with Gasteiger partial charge in [-0.05, 0) is 45.2 Å². The summed E-state index contributed by atoms with van der Waals surface area (Å²) in [5.41, 5.74) is 2.19. The molecular formula is C17H26N2O2. The van der Waals surface area contributed by atoms with Crippen molar-refractivity contribution < 1.29 is 9.53 Å². The summed E-state index contributed by atoms with van der Waals surface area (Å²) in [5.74, 6) is 1.50. The zero-order valence-corrected chi connectivity index (χ0v) is 13.4. The van der Waals surface area contributed by atoms with Crippen molar-refractivity contribution in [2.75, 3.05) is 13.7 Å². The third kappa shape index (κ3) is 3.97. The molecular weight excluding hydrogens is 264 g/mol. The van der Waals surface area contributed by atoms with Crippen molar-refractivity contribution in [2.24, 2.45) is 5.92 Å². The number of benzene rings is 1. The highest BCUT2D eigenvalue weighted by Gasteiger charge is 2.26. The predicted molar refractivity (Wildman–Crippen MR) is 84.5 cm³/mol. The molecule has 1 aromatic rings. The van der Waals surface area contributed by atoms with Gasteiger partial charge in [0.05, 0.1) is 19.2 Å². The lowest BCUT2D eigenvalue weighted by Crippen LogP contribution is -2.48. The predicted octanol–water partition coefficient (Wildman–Crippen LogP) is 2.57. The smallest absolute Gasteiger partial charge is 0.237 e. The minimum Gasteiger partial charge on any atom is -0.496 e. The highest BCUT2D eigenvalue weighted by atomic mass is 16.5. The molecule has 0 spiro atoms. The van der Waals surface area contributed by atoms with Gasteiger partial charge in [0.15, 0.2) is 0 Å². The number of carbonyl (C=O) groups is 1. The summed E-state index contributed by atoms with van der Waals surface area (Å²) in [7, 11) is 1.66. The molecule has 21 heavy (non-hydrogen) atoms. The highest BCUT2D eigenvalue weighted by Crippen LogP contribution is 2.26. The third-order valence-corrected chi connectivity index (χ3v) is 4.19. The van der Waals surface area contributed by atoms with E-state index in [1.165, 1.54) is 0 Å². The molecule has 1 aliphatic rings. The zero-order valence-electron chi connectivity index (χ0n) is 13.4. The first-order valence-electron chi connectivity index (χ1n) is 7.69. The average molecular weight is 290 g/mol. The largest absolute Gasteiger partial charge is 0.496 e. The lowest BCUT2D eigenvalue weighted by molar-refractivity contribution is -0.124. The van der Waals surface area contributed by atoms with Crippen LogP contribution in [0.3, 0.4) is 0 Å². The monoisotopic (exact) mass is 290 g/mol. The van der Waals surface area contributed by atoms with E-state index in [4.69, 9.17) is 4.74 Å². The van der Waals surface area contributed by atoms with Crippen LogP contribution in [-0.4, -0.2) is 25.6 Å². The van der Waals surface area contributed by atoms with Gasteiger partial charge < -0.3 is 15.4 Å². The summed E-state index contributed by atoms with van der Waals surface area (Å²) in [6.45, 7) is 7.17. The van der Waals surface area contributed by atoms with Crippen LogP contribution in [-0.2, 0) is 4.79 Å². The Morgan fingerprint density at radius 2 is 2.24 bits per heavy atom. The van der Waals surface area contributed by atoms with Crippen LogP contribution >= 0.6 is 0 Å². The van der Waals surface area contributed by atoms with Crippen molar-refractivity contribution in [2.45, 2.75) is 45.7 Å². The van der Waals surface area contributed by atoms with Crippen molar-refractivity contribution in [1.82, 2.24) is 10.6 Å². The summed E-state index contributed by atoms with van der Waals surface area (Å²) in [6.07, 6.45) is 2.05. The molecule has 4 heteroatoms. The molecule has 116 valence electrons. The van der Waals surface area contributed by atoms with Crippen LogP contribution in [0.1, 0.15) is 43.9 Å². The molecule has 1 heterocycles. The Kier molecular flexibility index (Phi) is 5.23. The van der Waals surface area contributed by atoms with Gasteiger partial charge in [0, 0.05) is 5.56 Å². The van der Waals surface area contributed by atoms with Gasteiger partial charge in [-0.3, -0.25) is 4.79 Å². The van der Waals surface area contributed by atoms with Crippen molar-refractivity contribution in [3.05, 3.63) is 29.3 Å². The Morgan fingerprint density at radius 3 is 2.90 bits per heavy atom. The number of nitrogens with one attached hydrogen (secondary N) is 2. The van der Waals surface area contributed by atoms with E-state index in [9.17, 15) is 4.79 Å². The highest BCUT2D eigenvalue weighted by molar-refractivity contribution is 5.82. The first-order chi connectivity index (χ1) is 10.0. The molecule has 1 fully saturated rings. The standard InChI is InChI=1S/C17H26N2O2/c1-11-5-6-16(21-4)14(9-11)13(3)19-17(20)15-10-12(2)7-8-18-15/h5-6,9,12-13,15,18H,7-8,10H2,1-4H3,(H,19,20). The second-order valence-electron chi connectivity index (χ2n) is 6.11. The van der Waals surface area contributed by atoms with E-state index in [-0.39, 0.29) is 18.0 Å². The second-order valence-corrected chi connectivity index (χ2v) is 6.11. The lowest BCUT2D eigenvalue weighted by atomic mass is 9.93. The van der Waals surface area contributed by atoms with Gasteiger partial charge in [-0.15, -0.1) is 0 Å².